The van der Waals surface area contributed by atoms with Gasteiger partial charge >= 0.3 is 6.18 Å². The van der Waals surface area contributed by atoms with Crippen LogP contribution in [0.2, 0.25) is 0 Å². The maximum atomic E-state index is 13.9. The van der Waals surface area contributed by atoms with E-state index in [4.69, 9.17) is 0 Å². The summed E-state index contributed by atoms with van der Waals surface area (Å²) >= 11 is 3.38. The average Bonchev–Trinajstić information content (AvgIpc) is 3.15. The quantitative estimate of drug-likeness (QED) is 0.437. The summed E-state index contributed by atoms with van der Waals surface area (Å²) in [4.78, 5) is 2.23. The van der Waals surface area contributed by atoms with E-state index in [0.717, 1.165) is 29.8 Å². The number of thiophene rings is 1. The number of nitrogens with zero attached hydrogens (tertiary/aromatic N) is 1. The second-order valence-electron chi connectivity index (χ2n) is 7.26. The van der Waals surface area contributed by atoms with Gasteiger partial charge in [0.1, 0.15) is 6.17 Å². The van der Waals surface area contributed by atoms with Gasteiger partial charge in [-0.2, -0.15) is 13.2 Å². The fraction of sp³-hybridized carbons (Fsp3) is 0.556. The first kappa shape index (κ1) is 18.7. The van der Waals surface area contributed by atoms with Crippen molar-refractivity contribution in [3.8, 4) is 0 Å². The highest BCUT2D eigenvalue weighted by atomic mass is 127. The smallest absolute Gasteiger partial charge is 0.382 e. The molecule has 0 aliphatic carbocycles. The Morgan fingerprint density at radius 1 is 1.35 bits per heavy atom. The lowest BCUT2D eigenvalue weighted by atomic mass is 9.93. The zero-order chi connectivity index (χ0) is 18.5. The largest absolute Gasteiger partial charge is 0.393 e. The number of anilines is 1. The van der Waals surface area contributed by atoms with Gasteiger partial charge in [-0.05, 0) is 65.4 Å². The van der Waals surface area contributed by atoms with Crippen LogP contribution in [0.4, 0.5) is 23.2 Å². The van der Waals surface area contributed by atoms with Crippen LogP contribution in [0.3, 0.4) is 0 Å². The summed E-state index contributed by atoms with van der Waals surface area (Å²) in [6, 6.07) is 5.46. The van der Waals surface area contributed by atoms with Gasteiger partial charge in [-0.1, -0.05) is 12.1 Å². The minimum atomic E-state index is -4.22. The second kappa shape index (κ2) is 6.77. The van der Waals surface area contributed by atoms with Crippen molar-refractivity contribution in [2.45, 2.75) is 43.6 Å². The molecule has 0 saturated carbocycles. The molecule has 4 rings (SSSR count). The molecule has 0 spiro atoms. The number of fused-ring (bicyclic) bond motifs is 2. The topological polar surface area (TPSA) is 15.3 Å². The molecule has 8 heteroatoms. The highest BCUT2D eigenvalue weighted by Gasteiger charge is 2.48. The zero-order valence-corrected chi connectivity index (χ0v) is 17.0. The third kappa shape index (κ3) is 3.44. The standard InChI is InChI=1S/C18H19F4IN2S/c19-11-7-17(5-2-6-25(17)9-11)10-24-14-4-1-3-12-13(8-18(20,21)22)16(23)26-15(12)14/h1,3-4,11,24H,2,5-10H2/t11-,17+/m1/s1. The van der Waals surface area contributed by atoms with E-state index >= 15 is 0 Å². The molecular formula is C18H19F4IN2S. The van der Waals surface area contributed by atoms with Crippen LogP contribution >= 0.6 is 33.9 Å². The highest BCUT2D eigenvalue weighted by Crippen LogP contribution is 2.42. The summed E-state index contributed by atoms with van der Waals surface area (Å²) in [5.41, 5.74) is 1.05. The molecule has 0 amide bonds. The highest BCUT2D eigenvalue weighted by molar-refractivity contribution is 14.1. The van der Waals surface area contributed by atoms with Gasteiger partial charge in [0.15, 0.2) is 0 Å². The second-order valence-corrected chi connectivity index (χ2v) is 10.1. The summed E-state index contributed by atoms with van der Waals surface area (Å²) in [5.74, 6) is 0. The summed E-state index contributed by atoms with van der Waals surface area (Å²) in [6.07, 6.45) is -3.33. The van der Waals surface area contributed by atoms with Gasteiger partial charge in [-0.15, -0.1) is 11.3 Å². The summed E-state index contributed by atoms with van der Waals surface area (Å²) in [6.45, 7) is 2.06. The van der Waals surface area contributed by atoms with Gasteiger partial charge in [0, 0.05) is 18.6 Å². The lowest BCUT2D eigenvalue weighted by Gasteiger charge is -2.32. The Morgan fingerprint density at radius 3 is 2.92 bits per heavy atom. The molecule has 0 radical (unpaired) electrons. The van der Waals surface area contributed by atoms with Crippen LogP contribution < -0.4 is 5.32 Å². The molecule has 2 aliphatic heterocycles. The van der Waals surface area contributed by atoms with Gasteiger partial charge in [0.2, 0.25) is 0 Å². The number of hydrogen-bond acceptors (Lipinski definition) is 3. The molecule has 1 aromatic heterocycles. The Morgan fingerprint density at radius 2 is 2.15 bits per heavy atom. The lowest BCUT2D eigenvalue weighted by molar-refractivity contribution is -0.127. The molecule has 3 heterocycles. The lowest BCUT2D eigenvalue weighted by Crippen LogP contribution is -2.44. The maximum Gasteiger partial charge on any atom is 0.393 e. The third-order valence-corrected chi connectivity index (χ3v) is 7.90. The third-order valence-electron chi connectivity index (χ3n) is 5.52. The van der Waals surface area contributed by atoms with Gasteiger partial charge in [0.25, 0.3) is 0 Å². The molecule has 1 aromatic carbocycles. The Kier molecular flexibility index (Phi) is 4.88. The summed E-state index contributed by atoms with van der Waals surface area (Å²) < 4.78 is 54.2. The van der Waals surface area contributed by atoms with E-state index in [1.54, 1.807) is 12.1 Å². The van der Waals surface area contributed by atoms with Crippen LogP contribution in [-0.2, 0) is 6.42 Å². The average molecular weight is 498 g/mol. The summed E-state index contributed by atoms with van der Waals surface area (Å²) in [7, 11) is 0. The van der Waals surface area contributed by atoms with Crippen molar-refractivity contribution in [2.75, 3.05) is 25.0 Å². The van der Waals surface area contributed by atoms with Crippen molar-refractivity contribution in [2.24, 2.45) is 0 Å². The predicted molar refractivity (Wildman–Crippen MR) is 106 cm³/mol. The zero-order valence-electron chi connectivity index (χ0n) is 14.0. The van der Waals surface area contributed by atoms with Crippen LogP contribution in [0.5, 0.6) is 0 Å². The van der Waals surface area contributed by atoms with Crippen LogP contribution in [0.15, 0.2) is 18.2 Å². The summed E-state index contributed by atoms with van der Waals surface area (Å²) in [5, 5.41) is 4.10. The van der Waals surface area contributed by atoms with E-state index in [9.17, 15) is 17.6 Å². The van der Waals surface area contributed by atoms with Gasteiger partial charge in [0.05, 0.1) is 19.7 Å². The molecule has 0 unspecified atom stereocenters. The van der Waals surface area contributed by atoms with Crippen molar-refractivity contribution in [3.05, 3.63) is 26.6 Å². The fourth-order valence-electron chi connectivity index (χ4n) is 4.40. The van der Waals surface area contributed by atoms with E-state index in [1.807, 2.05) is 28.7 Å². The Bertz CT molecular complexity index is 821. The first-order valence-corrected chi connectivity index (χ1v) is 10.6. The number of benzene rings is 1. The van der Waals surface area contributed by atoms with E-state index in [-0.39, 0.29) is 5.54 Å². The van der Waals surface area contributed by atoms with Gasteiger partial charge in [-0.25, -0.2) is 4.39 Å². The predicted octanol–water partition coefficient (Wildman–Crippen LogP) is 5.60. The van der Waals surface area contributed by atoms with Crippen LogP contribution in [0.1, 0.15) is 24.8 Å². The molecule has 2 aliphatic rings. The minimum absolute atomic E-state index is 0.152. The molecule has 2 saturated heterocycles. The number of nitrogens with one attached hydrogen (secondary N) is 1. The van der Waals surface area contributed by atoms with E-state index in [1.165, 1.54) is 11.3 Å². The van der Waals surface area contributed by atoms with Crippen molar-refractivity contribution < 1.29 is 17.6 Å². The number of rotatable bonds is 4. The maximum absolute atomic E-state index is 13.9. The first-order valence-electron chi connectivity index (χ1n) is 8.67. The number of halogens is 5. The monoisotopic (exact) mass is 498 g/mol. The molecular weight excluding hydrogens is 479 g/mol. The number of hydrogen-bond donors (Lipinski definition) is 1. The Balaban J connectivity index is 1.61. The molecule has 2 atom stereocenters. The van der Waals surface area contributed by atoms with E-state index < -0.39 is 18.8 Å². The van der Waals surface area contributed by atoms with E-state index in [0.29, 0.717) is 33.3 Å². The molecule has 2 fully saturated rings. The minimum Gasteiger partial charge on any atom is -0.382 e. The molecule has 26 heavy (non-hydrogen) atoms. The van der Waals surface area contributed by atoms with Crippen molar-refractivity contribution in [1.82, 2.24) is 4.90 Å². The fourth-order valence-corrected chi connectivity index (χ4v) is 6.58. The van der Waals surface area contributed by atoms with Crippen LogP contribution in [0.25, 0.3) is 10.1 Å². The SMILES string of the molecule is F[C@H]1CN2CCC[C@@]2(CNc2cccc3c(CC(F)(F)F)c(I)sc23)C1. The van der Waals surface area contributed by atoms with Gasteiger partial charge in [-0.3, -0.25) is 4.90 Å². The molecule has 2 nitrogen and oxygen atoms in total. The van der Waals surface area contributed by atoms with Crippen LogP contribution in [0, 0.1) is 2.88 Å². The van der Waals surface area contributed by atoms with Crippen LogP contribution in [-0.4, -0.2) is 42.4 Å². The normalized spacial score (nSPS) is 26.6. The van der Waals surface area contributed by atoms with E-state index in [2.05, 4.69) is 10.2 Å². The van der Waals surface area contributed by atoms with Crippen molar-refractivity contribution in [3.63, 3.8) is 0 Å². The first-order chi connectivity index (χ1) is 12.3. The number of alkyl halides is 4. The molecule has 0 bridgehead atoms. The van der Waals surface area contributed by atoms with Crippen molar-refractivity contribution in [1.29, 1.82) is 0 Å². The molecule has 1 N–H and O–H groups in total. The molecule has 142 valence electrons. The van der Waals surface area contributed by atoms with Crippen molar-refractivity contribution >= 4 is 49.7 Å². The Labute approximate surface area is 167 Å². The van der Waals surface area contributed by atoms with Gasteiger partial charge < -0.3 is 5.32 Å². The molecule has 2 aromatic rings. The Hall–Kier alpha value is -0.610.